The Labute approximate surface area is 124 Å². The summed E-state index contributed by atoms with van der Waals surface area (Å²) in [6.45, 7) is 4.33. The second kappa shape index (κ2) is 7.06. The van der Waals surface area contributed by atoms with Crippen LogP contribution in [-0.2, 0) is 11.8 Å². The van der Waals surface area contributed by atoms with Crippen LogP contribution in [0.1, 0.15) is 19.8 Å². The molecular formula is C15H22N4O2. The van der Waals surface area contributed by atoms with E-state index < -0.39 is 0 Å². The topological polar surface area (TPSA) is 67.2 Å². The Morgan fingerprint density at radius 2 is 2.38 bits per heavy atom. The zero-order chi connectivity index (χ0) is 15.2. The van der Waals surface area contributed by atoms with Crippen LogP contribution in [0.4, 0.5) is 5.69 Å². The maximum atomic E-state index is 11.6. The molecule has 1 fully saturated rings. The molecule has 0 bridgehead atoms. The number of aryl methyl sites for hydroxylation is 1. The standard InChI is InChI=1S/C15H22N4O2/c1-3-4-5-14(20)16-9-12-6-7-19(11-12)13-8-15(21)18(2)17-10-13/h3-4,8,10,12H,5-7,9,11H2,1-2H3,(H,16,20). The van der Waals surface area contributed by atoms with E-state index >= 15 is 0 Å². The third-order valence-electron chi connectivity index (χ3n) is 3.73. The molecular weight excluding hydrogens is 268 g/mol. The molecule has 1 aliphatic heterocycles. The zero-order valence-corrected chi connectivity index (χ0v) is 12.6. The molecule has 6 nitrogen and oxygen atoms in total. The van der Waals surface area contributed by atoms with Crippen molar-refractivity contribution in [3.8, 4) is 0 Å². The van der Waals surface area contributed by atoms with Crippen LogP contribution in [0.15, 0.2) is 29.2 Å². The van der Waals surface area contributed by atoms with E-state index in [1.165, 1.54) is 4.68 Å². The highest BCUT2D eigenvalue weighted by Gasteiger charge is 2.23. The molecule has 1 aromatic heterocycles. The first kappa shape index (κ1) is 15.3. The minimum atomic E-state index is -0.101. The fraction of sp³-hybridized carbons (Fsp3) is 0.533. The maximum absolute atomic E-state index is 11.6. The average molecular weight is 290 g/mol. The largest absolute Gasteiger partial charge is 0.370 e. The first-order chi connectivity index (χ1) is 10.1. The van der Waals surface area contributed by atoms with Crippen molar-refractivity contribution in [3.05, 3.63) is 34.8 Å². The summed E-state index contributed by atoms with van der Waals surface area (Å²) in [5, 5.41) is 6.99. The Balaban J connectivity index is 1.84. The number of aromatic nitrogens is 2. The van der Waals surface area contributed by atoms with Crippen molar-refractivity contribution in [2.75, 3.05) is 24.5 Å². The van der Waals surface area contributed by atoms with Gasteiger partial charge in [-0.2, -0.15) is 5.10 Å². The van der Waals surface area contributed by atoms with E-state index in [2.05, 4.69) is 15.3 Å². The van der Waals surface area contributed by atoms with Crippen LogP contribution in [0, 0.1) is 5.92 Å². The molecule has 1 atom stereocenters. The van der Waals surface area contributed by atoms with Crippen LogP contribution in [0.25, 0.3) is 0 Å². The minimum absolute atomic E-state index is 0.0572. The van der Waals surface area contributed by atoms with E-state index in [-0.39, 0.29) is 11.5 Å². The number of allylic oxidation sites excluding steroid dienone is 1. The second-order valence-corrected chi connectivity index (χ2v) is 5.35. The number of amides is 1. The summed E-state index contributed by atoms with van der Waals surface area (Å²) in [5.41, 5.74) is 0.761. The minimum Gasteiger partial charge on any atom is -0.370 e. The van der Waals surface area contributed by atoms with E-state index in [0.717, 1.165) is 25.2 Å². The number of rotatable bonds is 5. The molecule has 2 heterocycles. The summed E-state index contributed by atoms with van der Waals surface area (Å²) in [7, 11) is 1.64. The van der Waals surface area contributed by atoms with Crippen molar-refractivity contribution < 1.29 is 4.79 Å². The molecule has 1 aromatic rings. The van der Waals surface area contributed by atoms with Crippen LogP contribution in [0.3, 0.4) is 0 Å². The summed E-state index contributed by atoms with van der Waals surface area (Å²) >= 11 is 0. The third kappa shape index (κ3) is 4.18. The predicted molar refractivity (Wildman–Crippen MR) is 82.2 cm³/mol. The highest BCUT2D eigenvalue weighted by Crippen LogP contribution is 2.21. The SMILES string of the molecule is CC=CCC(=O)NCC1CCN(c2cnn(C)c(=O)c2)C1. The lowest BCUT2D eigenvalue weighted by Crippen LogP contribution is -2.31. The summed E-state index contributed by atoms with van der Waals surface area (Å²) in [6, 6.07) is 1.61. The Hall–Kier alpha value is -2.11. The van der Waals surface area contributed by atoms with Gasteiger partial charge in [-0.3, -0.25) is 9.59 Å². The van der Waals surface area contributed by atoms with Gasteiger partial charge in [-0.25, -0.2) is 4.68 Å². The molecule has 1 amide bonds. The zero-order valence-electron chi connectivity index (χ0n) is 12.6. The Morgan fingerprint density at radius 3 is 3.10 bits per heavy atom. The molecule has 21 heavy (non-hydrogen) atoms. The van der Waals surface area contributed by atoms with Crippen molar-refractivity contribution in [1.29, 1.82) is 0 Å². The first-order valence-electron chi connectivity index (χ1n) is 7.26. The van der Waals surface area contributed by atoms with Gasteiger partial charge in [-0.15, -0.1) is 0 Å². The lowest BCUT2D eigenvalue weighted by molar-refractivity contribution is -0.120. The molecule has 114 valence electrons. The maximum Gasteiger partial charge on any atom is 0.268 e. The molecule has 0 radical (unpaired) electrons. The van der Waals surface area contributed by atoms with Crippen LogP contribution in [0.5, 0.6) is 0 Å². The summed E-state index contributed by atoms with van der Waals surface area (Å²) in [4.78, 5) is 25.3. The molecule has 0 saturated carbocycles. The molecule has 2 rings (SSSR count). The number of hydrogen-bond acceptors (Lipinski definition) is 4. The van der Waals surface area contributed by atoms with Crippen molar-refractivity contribution in [3.63, 3.8) is 0 Å². The van der Waals surface area contributed by atoms with E-state index in [4.69, 9.17) is 0 Å². The van der Waals surface area contributed by atoms with Crippen molar-refractivity contribution >= 4 is 11.6 Å². The number of nitrogens with one attached hydrogen (secondary N) is 1. The van der Waals surface area contributed by atoms with Gasteiger partial charge >= 0.3 is 0 Å². The molecule has 0 aromatic carbocycles. The molecule has 0 spiro atoms. The van der Waals surface area contributed by atoms with Crippen molar-refractivity contribution in [2.24, 2.45) is 13.0 Å². The quantitative estimate of drug-likeness (QED) is 0.810. The Morgan fingerprint density at radius 1 is 1.57 bits per heavy atom. The fourth-order valence-electron chi connectivity index (χ4n) is 2.42. The van der Waals surface area contributed by atoms with Crippen LogP contribution in [-0.4, -0.2) is 35.3 Å². The van der Waals surface area contributed by atoms with Gasteiger partial charge in [0.15, 0.2) is 0 Å². The highest BCUT2D eigenvalue weighted by molar-refractivity contribution is 5.77. The van der Waals surface area contributed by atoms with Crippen LogP contribution >= 0.6 is 0 Å². The lowest BCUT2D eigenvalue weighted by atomic mass is 10.1. The predicted octanol–water partition coefficient (Wildman–Crippen LogP) is 0.689. The van der Waals surface area contributed by atoms with Gasteiger partial charge in [0.25, 0.3) is 5.56 Å². The number of anilines is 1. The smallest absolute Gasteiger partial charge is 0.268 e. The molecule has 1 unspecified atom stereocenters. The second-order valence-electron chi connectivity index (χ2n) is 5.35. The Kier molecular flexibility index (Phi) is 5.14. The summed E-state index contributed by atoms with van der Waals surface area (Å²) in [6.07, 6.45) is 6.89. The monoisotopic (exact) mass is 290 g/mol. The number of hydrogen-bond donors (Lipinski definition) is 1. The Bertz CT molecular complexity index is 579. The van der Waals surface area contributed by atoms with Crippen molar-refractivity contribution in [2.45, 2.75) is 19.8 Å². The van der Waals surface area contributed by atoms with E-state index in [9.17, 15) is 9.59 Å². The molecule has 1 saturated heterocycles. The highest BCUT2D eigenvalue weighted by atomic mass is 16.1. The van der Waals surface area contributed by atoms with E-state index in [0.29, 0.717) is 18.9 Å². The number of nitrogens with zero attached hydrogens (tertiary/aromatic N) is 3. The summed E-state index contributed by atoms with van der Waals surface area (Å²) in [5.74, 6) is 0.477. The van der Waals surface area contributed by atoms with Gasteiger partial charge in [-0.05, 0) is 19.3 Å². The third-order valence-corrected chi connectivity index (χ3v) is 3.73. The normalized spacial score (nSPS) is 18.4. The summed E-state index contributed by atoms with van der Waals surface area (Å²) < 4.78 is 1.32. The number of carbonyl (C=O) groups excluding carboxylic acids is 1. The molecule has 1 N–H and O–H groups in total. The molecule has 6 heteroatoms. The van der Waals surface area contributed by atoms with Crippen LogP contribution in [0.2, 0.25) is 0 Å². The van der Waals surface area contributed by atoms with Gasteiger partial charge in [0.05, 0.1) is 11.9 Å². The first-order valence-corrected chi connectivity index (χ1v) is 7.26. The van der Waals surface area contributed by atoms with Gasteiger partial charge in [0.1, 0.15) is 0 Å². The molecule has 1 aliphatic rings. The van der Waals surface area contributed by atoms with E-state index in [1.54, 1.807) is 19.3 Å². The average Bonchev–Trinajstić information content (AvgIpc) is 2.94. The number of carbonyl (C=O) groups is 1. The molecule has 0 aliphatic carbocycles. The van der Waals surface area contributed by atoms with E-state index in [1.807, 2.05) is 19.1 Å². The van der Waals surface area contributed by atoms with Gasteiger partial charge in [-0.1, -0.05) is 12.2 Å². The van der Waals surface area contributed by atoms with Crippen molar-refractivity contribution in [1.82, 2.24) is 15.1 Å². The van der Waals surface area contributed by atoms with Gasteiger partial charge in [0.2, 0.25) is 5.91 Å². The van der Waals surface area contributed by atoms with Gasteiger partial charge in [0, 0.05) is 39.2 Å². The van der Waals surface area contributed by atoms with Gasteiger partial charge < -0.3 is 10.2 Å². The van der Waals surface area contributed by atoms with Crippen LogP contribution < -0.4 is 15.8 Å². The lowest BCUT2D eigenvalue weighted by Gasteiger charge is -2.18. The fourth-order valence-corrected chi connectivity index (χ4v) is 2.42.